The summed E-state index contributed by atoms with van der Waals surface area (Å²) in [5, 5.41) is 2.16. The van der Waals surface area contributed by atoms with E-state index in [1.165, 1.54) is 5.70 Å². The Morgan fingerprint density at radius 2 is 2.70 bits per heavy atom. The van der Waals surface area contributed by atoms with Crippen molar-refractivity contribution >= 4 is 27.7 Å². The Balaban J connectivity index is 2.55. The van der Waals surface area contributed by atoms with E-state index in [1.54, 1.807) is 11.8 Å². The zero-order valence-electron chi connectivity index (χ0n) is 5.88. The van der Waals surface area contributed by atoms with E-state index in [2.05, 4.69) is 39.7 Å². The highest BCUT2D eigenvalue weighted by Gasteiger charge is 2.19. The fourth-order valence-corrected chi connectivity index (χ4v) is 2.48. The lowest BCUT2D eigenvalue weighted by Gasteiger charge is -2.21. The molecule has 10 heavy (non-hydrogen) atoms. The van der Waals surface area contributed by atoms with Crippen LogP contribution in [-0.4, -0.2) is 15.7 Å². The molecule has 0 N–H and O–H groups in total. The predicted octanol–water partition coefficient (Wildman–Crippen LogP) is 2.76. The van der Waals surface area contributed by atoms with Crippen molar-refractivity contribution < 1.29 is 0 Å². The Morgan fingerprint density at radius 1 is 2.00 bits per heavy atom. The number of halogens is 1. The van der Waals surface area contributed by atoms with Gasteiger partial charge in [-0.2, -0.15) is 0 Å². The van der Waals surface area contributed by atoms with Gasteiger partial charge in [0.15, 0.2) is 0 Å². The first-order valence-corrected chi connectivity index (χ1v) is 4.95. The summed E-state index contributed by atoms with van der Waals surface area (Å²) in [6, 6.07) is 0. The van der Waals surface area contributed by atoms with Crippen molar-refractivity contribution in [3.8, 4) is 0 Å². The molecule has 1 unspecified atom stereocenters. The van der Waals surface area contributed by atoms with E-state index in [4.69, 9.17) is 0 Å². The second-order valence-corrected chi connectivity index (χ2v) is 4.56. The summed E-state index contributed by atoms with van der Waals surface area (Å²) < 4.78 is 0.408. The van der Waals surface area contributed by atoms with Gasteiger partial charge in [-0.05, 0) is 12.3 Å². The minimum absolute atomic E-state index is 0.408. The lowest BCUT2D eigenvalue weighted by molar-refractivity contribution is 0.440. The summed E-state index contributed by atoms with van der Waals surface area (Å²) in [4.78, 5) is 2.25. The van der Waals surface area contributed by atoms with Gasteiger partial charge in [0.2, 0.25) is 0 Å². The van der Waals surface area contributed by atoms with Crippen LogP contribution >= 0.6 is 27.7 Å². The lowest BCUT2D eigenvalue weighted by atomic mass is 10.4. The Labute approximate surface area is 74.3 Å². The summed E-state index contributed by atoms with van der Waals surface area (Å²) >= 11 is 5.32. The third kappa shape index (κ3) is 1.58. The molecule has 0 aromatic carbocycles. The standard InChI is InChI=1S/C7H10BrNS/c1-3-4-9-6(2)5-10-7(9)8/h3,5,7H,1,4H2,2H3. The van der Waals surface area contributed by atoms with Gasteiger partial charge in [-0.3, -0.25) is 0 Å². The number of nitrogens with zero attached hydrogens (tertiary/aromatic N) is 1. The molecule has 56 valence electrons. The minimum Gasteiger partial charge on any atom is -0.350 e. The van der Waals surface area contributed by atoms with E-state index in [-0.39, 0.29) is 0 Å². The SMILES string of the molecule is C=CCN1C(C)=CSC1Br. The second kappa shape index (κ2) is 3.49. The molecule has 1 rings (SSSR count). The first-order valence-electron chi connectivity index (χ1n) is 3.09. The topological polar surface area (TPSA) is 3.24 Å². The molecule has 0 aromatic heterocycles. The Kier molecular flexibility index (Phi) is 2.86. The van der Waals surface area contributed by atoms with Gasteiger partial charge in [-0.15, -0.1) is 6.58 Å². The van der Waals surface area contributed by atoms with E-state index in [9.17, 15) is 0 Å². The smallest absolute Gasteiger partial charge is 0.135 e. The van der Waals surface area contributed by atoms with Crippen molar-refractivity contribution in [1.29, 1.82) is 0 Å². The van der Waals surface area contributed by atoms with Crippen molar-refractivity contribution in [2.24, 2.45) is 0 Å². The zero-order chi connectivity index (χ0) is 7.56. The molecule has 0 saturated carbocycles. The van der Waals surface area contributed by atoms with Gasteiger partial charge < -0.3 is 4.90 Å². The number of alkyl halides is 1. The number of thioether (sulfide) groups is 1. The summed E-state index contributed by atoms with van der Waals surface area (Å²) in [7, 11) is 0. The molecule has 0 spiro atoms. The molecule has 0 fully saturated rings. The fourth-order valence-electron chi connectivity index (χ4n) is 0.822. The van der Waals surface area contributed by atoms with E-state index in [1.807, 2.05) is 6.08 Å². The van der Waals surface area contributed by atoms with E-state index < -0.39 is 0 Å². The molecular weight excluding hydrogens is 210 g/mol. The van der Waals surface area contributed by atoms with E-state index in [0.29, 0.717) is 4.28 Å². The number of hydrogen-bond donors (Lipinski definition) is 0. The summed E-state index contributed by atoms with van der Waals surface area (Å²) in [6.45, 7) is 6.72. The monoisotopic (exact) mass is 219 g/mol. The van der Waals surface area contributed by atoms with Gasteiger partial charge in [-0.1, -0.05) is 33.8 Å². The summed E-state index contributed by atoms with van der Waals surface area (Å²) in [5.41, 5.74) is 1.31. The minimum atomic E-state index is 0.408. The third-order valence-electron chi connectivity index (χ3n) is 1.37. The molecule has 0 radical (unpaired) electrons. The maximum atomic E-state index is 3.69. The maximum Gasteiger partial charge on any atom is 0.135 e. The number of hydrogen-bond acceptors (Lipinski definition) is 2. The van der Waals surface area contributed by atoms with Crippen LogP contribution in [-0.2, 0) is 0 Å². The van der Waals surface area contributed by atoms with Crippen LogP contribution in [0.5, 0.6) is 0 Å². The van der Waals surface area contributed by atoms with Crippen LogP contribution in [0.3, 0.4) is 0 Å². The molecular formula is C7H10BrNS. The molecule has 1 nitrogen and oxygen atoms in total. The Hall–Kier alpha value is 0.110. The van der Waals surface area contributed by atoms with Crippen molar-refractivity contribution in [3.63, 3.8) is 0 Å². The Morgan fingerprint density at radius 3 is 3.10 bits per heavy atom. The first-order chi connectivity index (χ1) is 4.75. The largest absolute Gasteiger partial charge is 0.350 e. The molecule has 1 heterocycles. The van der Waals surface area contributed by atoms with E-state index in [0.717, 1.165) is 6.54 Å². The first kappa shape index (κ1) is 8.21. The lowest BCUT2D eigenvalue weighted by Crippen LogP contribution is -2.22. The van der Waals surface area contributed by atoms with Gasteiger partial charge in [-0.25, -0.2) is 0 Å². The maximum absolute atomic E-state index is 3.69. The zero-order valence-corrected chi connectivity index (χ0v) is 8.28. The number of allylic oxidation sites excluding steroid dienone is 1. The molecule has 1 aliphatic rings. The van der Waals surface area contributed by atoms with Gasteiger partial charge in [0.1, 0.15) is 4.28 Å². The molecule has 0 aliphatic carbocycles. The van der Waals surface area contributed by atoms with Crippen LogP contribution in [0.1, 0.15) is 6.92 Å². The molecule has 0 aromatic rings. The van der Waals surface area contributed by atoms with Crippen LogP contribution in [0, 0.1) is 0 Å². The predicted molar refractivity (Wildman–Crippen MR) is 51.0 cm³/mol. The molecule has 0 bridgehead atoms. The van der Waals surface area contributed by atoms with Gasteiger partial charge in [0.25, 0.3) is 0 Å². The van der Waals surface area contributed by atoms with Crippen LogP contribution in [0.2, 0.25) is 0 Å². The van der Waals surface area contributed by atoms with E-state index >= 15 is 0 Å². The average Bonchev–Trinajstić information content (AvgIpc) is 2.20. The van der Waals surface area contributed by atoms with Gasteiger partial charge in [0, 0.05) is 12.2 Å². The van der Waals surface area contributed by atoms with Crippen LogP contribution < -0.4 is 0 Å². The van der Waals surface area contributed by atoms with Crippen LogP contribution in [0.25, 0.3) is 0 Å². The molecule has 1 aliphatic heterocycles. The number of rotatable bonds is 2. The van der Waals surface area contributed by atoms with Gasteiger partial charge in [0.05, 0.1) is 0 Å². The normalized spacial score (nSPS) is 24.8. The van der Waals surface area contributed by atoms with Crippen molar-refractivity contribution in [2.75, 3.05) is 6.54 Å². The molecule has 1 atom stereocenters. The quantitative estimate of drug-likeness (QED) is 0.400. The third-order valence-corrected chi connectivity index (χ3v) is 3.47. The highest BCUT2D eigenvalue weighted by atomic mass is 79.9. The fraction of sp³-hybridized carbons (Fsp3) is 0.429. The highest BCUT2D eigenvalue weighted by Crippen LogP contribution is 2.33. The van der Waals surface area contributed by atoms with Crippen molar-refractivity contribution in [1.82, 2.24) is 4.90 Å². The molecule has 0 amide bonds. The summed E-state index contributed by atoms with van der Waals surface area (Å²) in [6.07, 6.45) is 1.91. The molecule has 3 heteroatoms. The van der Waals surface area contributed by atoms with Crippen LogP contribution in [0.15, 0.2) is 23.8 Å². The summed E-state index contributed by atoms with van der Waals surface area (Å²) in [5.74, 6) is 0. The molecule has 0 saturated heterocycles. The van der Waals surface area contributed by atoms with Crippen molar-refractivity contribution in [3.05, 3.63) is 23.8 Å². The Bertz CT molecular complexity index is 167. The van der Waals surface area contributed by atoms with Gasteiger partial charge >= 0.3 is 0 Å². The average molecular weight is 220 g/mol. The van der Waals surface area contributed by atoms with Crippen LogP contribution in [0.4, 0.5) is 0 Å². The highest BCUT2D eigenvalue weighted by molar-refractivity contribution is 9.11. The van der Waals surface area contributed by atoms with Crippen molar-refractivity contribution in [2.45, 2.75) is 11.2 Å². The second-order valence-electron chi connectivity index (χ2n) is 2.13.